The van der Waals surface area contributed by atoms with Crippen molar-refractivity contribution in [3.8, 4) is 0 Å². The van der Waals surface area contributed by atoms with E-state index < -0.39 is 102 Å². The van der Waals surface area contributed by atoms with E-state index in [1.165, 1.54) is 20.8 Å². The van der Waals surface area contributed by atoms with Gasteiger partial charge in [0.05, 0.1) is 83.1 Å². The molecular weight excluding hydrogens is 1690 g/mol. The molecule has 0 spiro atoms. The monoisotopic (exact) mass is 1820 g/mol. The highest BCUT2D eigenvalue weighted by atomic mass is 16.6. The first kappa shape index (κ1) is 111. The van der Waals surface area contributed by atoms with E-state index in [-0.39, 0.29) is 185 Å². The maximum absolute atomic E-state index is 13.3. The maximum atomic E-state index is 13.3. The fraction of sp³-hybridized carbons (Fsp3) is 0.480. The molecule has 0 fully saturated rings. The third kappa shape index (κ3) is 54.7. The lowest BCUT2D eigenvalue weighted by atomic mass is 9.94. The number of nitrogens with zero attached hydrogens (tertiary/aromatic N) is 3. The Labute approximate surface area is 765 Å². The Morgan fingerprint density at radius 3 is 0.840 bits per heavy atom. The zero-order valence-electron chi connectivity index (χ0n) is 75.6. The number of methoxy groups -OCH3 is 2. The van der Waals surface area contributed by atoms with E-state index in [9.17, 15) is 71.9 Å². The fourth-order valence-electron chi connectivity index (χ4n) is 12.5. The smallest absolute Gasteiger partial charge is 0.308 e. The molecule has 0 aromatic heterocycles. The molecule has 6 atom stereocenters. The van der Waals surface area contributed by atoms with Crippen molar-refractivity contribution in [3.63, 3.8) is 0 Å². The second-order valence-electron chi connectivity index (χ2n) is 30.5. The summed E-state index contributed by atoms with van der Waals surface area (Å²) in [5.41, 5.74) is 13.1. The van der Waals surface area contributed by atoms with Gasteiger partial charge in [-0.1, -0.05) is 187 Å². The number of benzene rings is 6. The number of rotatable bonds is 67. The number of hydrogen-bond donors (Lipinski definition) is 3. The van der Waals surface area contributed by atoms with E-state index >= 15 is 0 Å². The minimum atomic E-state index is -1.19. The SMILES string of the molecule is CC(=O)C[C@@H](CCC(=O)OCc1ccccc1)C(=O)N[C@H](CCC(=O)OCc1ccccc1)C(=O)CCCOCCOCCN=[N+]=[N-].COCCOCCCC(=O)[C@@H](CC(=O)OCc1ccccc1)NC(=O)[C@@H](CC(C)=O)CC(=O)OCc1ccccc1.COCCOCCCC(=O)[C@@H](CCC(=O)OCc1ccccc1)NC(=O)[C@H](CCC(=O)OCc1ccccc1)CC(C)=O. The number of amides is 3. The molecule has 0 radical (unpaired) electrons. The van der Waals surface area contributed by atoms with Gasteiger partial charge in [-0.2, -0.15) is 0 Å². The Balaban J connectivity index is 0.000000412. The van der Waals surface area contributed by atoms with Crippen LogP contribution in [-0.2, 0) is 168 Å². The lowest BCUT2D eigenvalue weighted by molar-refractivity contribution is -0.150. The number of nitrogens with one attached hydrogen (secondary N) is 3. The van der Waals surface area contributed by atoms with Crippen molar-refractivity contribution < 1.29 is 129 Å². The maximum Gasteiger partial charge on any atom is 0.308 e. The van der Waals surface area contributed by atoms with Gasteiger partial charge in [0, 0.05) is 122 Å². The Kier molecular flexibility index (Phi) is 59.0. The molecule has 6 rings (SSSR count). The largest absolute Gasteiger partial charge is 0.461 e. The molecule has 0 unspecified atom stereocenters. The third-order valence-corrected chi connectivity index (χ3v) is 19.5. The number of azide groups is 1. The van der Waals surface area contributed by atoms with Crippen LogP contribution in [0.4, 0.5) is 0 Å². The number of carbonyl (C=O) groups is 15. The molecule has 3 N–H and O–H groups in total. The van der Waals surface area contributed by atoms with Crippen molar-refractivity contribution in [2.24, 2.45) is 22.9 Å². The molecule has 6 aromatic carbocycles. The van der Waals surface area contributed by atoms with Crippen LogP contribution in [0.15, 0.2) is 187 Å². The minimum absolute atomic E-state index is 0.00395. The number of ketones is 6. The van der Waals surface area contributed by atoms with Gasteiger partial charge in [0.1, 0.15) is 57.0 Å². The zero-order valence-corrected chi connectivity index (χ0v) is 75.6. The van der Waals surface area contributed by atoms with Crippen LogP contribution >= 0.6 is 0 Å². The molecule has 131 heavy (non-hydrogen) atoms. The van der Waals surface area contributed by atoms with Crippen LogP contribution in [0.25, 0.3) is 10.4 Å². The van der Waals surface area contributed by atoms with Crippen molar-refractivity contribution in [2.45, 2.75) is 201 Å². The van der Waals surface area contributed by atoms with E-state index in [0.29, 0.717) is 72.1 Å². The fourth-order valence-corrected chi connectivity index (χ4v) is 12.5. The molecule has 0 aliphatic rings. The molecule has 0 bridgehead atoms. The van der Waals surface area contributed by atoms with E-state index in [2.05, 4.69) is 26.0 Å². The second kappa shape index (κ2) is 69.6. The Morgan fingerprint density at radius 1 is 0.290 bits per heavy atom. The molecule has 6 aromatic rings. The van der Waals surface area contributed by atoms with Gasteiger partial charge >= 0.3 is 35.8 Å². The number of esters is 6. The summed E-state index contributed by atoms with van der Waals surface area (Å²) >= 11 is 0. The van der Waals surface area contributed by atoms with E-state index in [1.54, 1.807) is 38.5 Å². The summed E-state index contributed by atoms with van der Waals surface area (Å²) in [6.45, 7) is 8.09. The highest BCUT2D eigenvalue weighted by Gasteiger charge is 2.33. The van der Waals surface area contributed by atoms with Crippen LogP contribution in [0.2, 0.25) is 0 Å². The predicted octanol–water partition coefficient (Wildman–Crippen LogP) is 12.3. The van der Waals surface area contributed by atoms with Crippen molar-refractivity contribution in [3.05, 3.63) is 226 Å². The first-order chi connectivity index (χ1) is 63.3. The summed E-state index contributed by atoms with van der Waals surface area (Å²) in [5.74, 6) is -9.61. The summed E-state index contributed by atoms with van der Waals surface area (Å²) in [4.78, 5) is 192. The summed E-state index contributed by atoms with van der Waals surface area (Å²) in [6, 6.07) is 51.7. The van der Waals surface area contributed by atoms with Gasteiger partial charge < -0.3 is 87.2 Å². The molecule has 33 heteroatoms. The van der Waals surface area contributed by atoms with Crippen LogP contribution in [-0.4, -0.2) is 193 Å². The molecule has 0 saturated carbocycles. The zero-order chi connectivity index (χ0) is 95.3. The lowest BCUT2D eigenvalue weighted by Crippen LogP contribution is -2.46. The van der Waals surface area contributed by atoms with Gasteiger partial charge in [-0.3, -0.25) is 57.5 Å². The van der Waals surface area contributed by atoms with Gasteiger partial charge in [-0.05, 0) is 105 Å². The highest BCUT2D eigenvalue weighted by molar-refractivity contribution is 5.96. The topological polar surface area (TPSA) is 452 Å². The normalized spacial score (nSPS) is 12.0. The molecule has 3 amide bonds. The average molecular weight is 1820 g/mol. The second-order valence-corrected chi connectivity index (χ2v) is 30.5. The van der Waals surface area contributed by atoms with Crippen LogP contribution in [0.3, 0.4) is 0 Å². The Morgan fingerprint density at radius 2 is 0.542 bits per heavy atom. The number of hydrogen-bond acceptors (Lipinski definition) is 28. The first-order valence-electron chi connectivity index (χ1n) is 43.8. The third-order valence-electron chi connectivity index (χ3n) is 19.5. The summed E-state index contributed by atoms with van der Waals surface area (Å²) in [6.07, 6.45) is 0.0397. The van der Waals surface area contributed by atoms with Crippen LogP contribution in [0.5, 0.6) is 0 Å². The Hall–Kier alpha value is -12.4. The quantitative estimate of drug-likeness (QED) is 0.00797. The predicted molar refractivity (Wildman–Crippen MR) is 480 cm³/mol. The van der Waals surface area contributed by atoms with E-state index in [1.807, 2.05) is 158 Å². The summed E-state index contributed by atoms with van der Waals surface area (Å²) in [5, 5.41) is 11.4. The van der Waals surface area contributed by atoms with Gasteiger partial charge in [0.2, 0.25) is 17.7 Å². The average Bonchev–Trinajstić information content (AvgIpc) is 0.877. The molecule has 33 nitrogen and oxygen atoms in total. The Bertz CT molecular complexity index is 4430. The van der Waals surface area contributed by atoms with Crippen molar-refractivity contribution in [2.75, 3.05) is 86.8 Å². The van der Waals surface area contributed by atoms with Crippen molar-refractivity contribution in [1.29, 1.82) is 0 Å². The first-order valence-corrected chi connectivity index (χ1v) is 43.8. The van der Waals surface area contributed by atoms with Gasteiger partial charge in [-0.25, -0.2) is 0 Å². The summed E-state index contributed by atoms with van der Waals surface area (Å²) < 4.78 is 63.3. The molecule has 0 saturated heterocycles. The highest BCUT2D eigenvalue weighted by Crippen LogP contribution is 2.21. The molecule has 710 valence electrons. The standard InChI is InChI=1S/C34H44N4O9.C33H43NO9.C31H39NO9/c1-26(39)23-29(14-16-32(41)46-24-27-9-4-2-5-10-27)34(43)37-30(15-17-33(42)47-25-28-11-6-3-7-12-28)31(40)13-8-19-44-21-22-45-20-18-36-38-35;1-25(35)22-28(15-17-31(37)42-23-26-10-5-3-6-11-26)33(39)34-29(30(36)14-9-19-41-21-20-40-2)16-18-32(38)43-24-27-12-7-4-8-13-27;1-23(33)18-26(19-29(35)40-21-24-10-5-3-6-11-24)31(37)32-27(28(34)14-9-15-39-17-16-38-2)20-30(36)41-22-25-12-7-4-8-13-25/h2-7,9-12,29-30H,8,13-25H2,1H3,(H,37,43);3-8,10-13,28-29H,9,14-24H2,1-2H3,(H,34,39);3-8,10-13,26-27H,9,14-22H2,1-2H3,(H,32,37)/t29-,30-;28-,29-;26-,27+/m110/s1. The van der Waals surface area contributed by atoms with Crippen molar-refractivity contribution in [1.82, 2.24) is 16.0 Å². The van der Waals surface area contributed by atoms with Crippen LogP contribution in [0, 0.1) is 17.8 Å². The van der Waals surface area contributed by atoms with E-state index in [4.69, 9.17) is 62.4 Å². The van der Waals surface area contributed by atoms with E-state index in [0.717, 1.165) is 33.4 Å². The number of Topliss-reactive ketones (excluding diaryl/α,β-unsaturated/α-hetero) is 6. The van der Waals surface area contributed by atoms with Gasteiger partial charge in [-0.15, -0.1) is 0 Å². The lowest BCUT2D eigenvalue weighted by Gasteiger charge is -2.21. The minimum Gasteiger partial charge on any atom is -0.461 e. The van der Waals surface area contributed by atoms with Gasteiger partial charge in [0.15, 0.2) is 17.3 Å². The summed E-state index contributed by atoms with van der Waals surface area (Å²) in [7, 11) is 3.12. The van der Waals surface area contributed by atoms with Crippen molar-refractivity contribution >= 4 is 88.2 Å². The number of ether oxygens (including phenoxy) is 12. The molecule has 0 heterocycles. The van der Waals surface area contributed by atoms with Crippen LogP contribution < -0.4 is 16.0 Å². The van der Waals surface area contributed by atoms with Gasteiger partial charge in [0.25, 0.3) is 0 Å². The van der Waals surface area contributed by atoms with Crippen LogP contribution in [0.1, 0.15) is 176 Å². The molecular formula is C98H126N6O27. The molecule has 0 aliphatic heterocycles. The molecule has 0 aliphatic carbocycles. The number of carbonyl (C=O) groups excluding carboxylic acids is 15.